The van der Waals surface area contributed by atoms with E-state index in [1.807, 2.05) is 0 Å². The van der Waals surface area contributed by atoms with Crippen molar-refractivity contribution in [3.05, 3.63) is 77.9 Å². The molecule has 29 heavy (non-hydrogen) atoms. The molecule has 0 radical (unpaired) electrons. The number of halogens is 3. The van der Waals surface area contributed by atoms with Crippen molar-refractivity contribution in [3.63, 3.8) is 0 Å². The van der Waals surface area contributed by atoms with Crippen LogP contribution in [0.1, 0.15) is 11.1 Å². The van der Waals surface area contributed by atoms with E-state index < -0.39 is 27.5 Å². The lowest BCUT2D eigenvalue weighted by Crippen LogP contribution is -2.50. The molecule has 2 aromatic carbocycles. The monoisotopic (exact) mass is 421 g/mol. The van der Waals surface area contributed by atoms with Gasteiger partial charge in [-0.2, -0.15) is 13.2 Å². The lowest BCUT2D eigenvalue weighted by Gasteiger charge is -2.33. The van der Waals surface area contributed by atoms with Crippen LogP contribution in [0.4, 0.5) is 18.9 Å². The number of alkyl halides is 3. The topological polar surface area (TPSA) is 63.7 Å². The molecule has 0 saturated carbocycles. The van der Waals surface area contributed by atoms with Gasteiger partial charge >= 0.3 is 6.18 Å². The molecular formula is C20H14F3NO4S. The molecule has 0 saturated heterocycles. The summed E-state index contributed by atoms with van der Waals surface area (Å²) in [7, 11) is -4.33. The summed E-state index contributed by atoms with van der Waals surface area (Å²) in [5, 5.41) is 0. The van der Waals surface area contributed by atoms with Gasteiger partial charge in [-0.1, -0.05) is 17.7 Å². The van der Waals surface area contributed by atoms with Gasteiger partial charge < -0.3 is 4.74 Å². The van der Waals surface area contributed by atoms with Crippen molar-refractivity contribution >= 4 is 21.5 Å². The standard InChI is InChI=1S/C20H14F3NO4S/c1-13-2-5-16(6-3-13)29(26,27)24-17-12-14(20(21,22)23)4-7-18(17)28-19(24)10-8-15(25)9-11-19/h2-12H,1H3. The molecule has 0 fully saturated rings. The summed E-state index contributed by atoms with van der Waals surface area (Å²) in [6.45, 7) is 1.78. The van der Waals surface area contributed by atoms with E-state index >= 15 is 0 Å². The average molecular weight is 421 g/mol. The zero-order chi connectivity index (χ0) is 21.0. The van der Waals surface area contributed by atoms with Gasteiger partial charge in [0, 0.05) is 0 Å². The molecule has 0 bridgehead atoms. The molecule has 0 unspecified atom stereocenters. The SMILES string of the molecule is Cc1ccc(S(=O)(=O)N2c3cc(C(F)(F)F)ccc3OC23C=CC(=O)C=C3)cc1. The Bertz CT molecular complexity index is 1150. The number of benzene rings is 2. The summed E-state index contributed by atoms with van der Waals surface area (Å²) < 4.78 is 73.1. The number of anilines is 1. The second kappa shape index (κ2) is 6.21. The quantitative estimate of drug-likeness (QED) is 0.736. The van der Waals surface area contributed by atoms with E-state index in [1.54, 1.807) is 19.1 Å². The number of carbonyl (C=O) groups is 1. The van der Waals surface area contributed by atoms with Gasteiger partial charge in [-0.3, -0.25) is 4.79 Å². The molecule has 0 amide bonds. The number of sulfonamides is 1. The minimum Gasteiger partial charge on any atom is -0.457 e. The smallest absolute Gasteiger partial charge is 0.416 e. The van der Waals surface area contributed by atoms with E-state index in [4.69, 9.17) is 4.74 Å². The zero-order valence-corrected chi connectivity index (χ0v) is 15.8. The summed E-state index contributed by atoms with van der Waals surface area (Å²) in [4.78, 5) is 11.5. The maximum Gasteiger partial charge on any atom is 0.416 e. The highest BCUT2D eigenvalue weighted by molar-refractivity contribution is 7.93. The molecular weight excluding hydrogens is 407 g/mol. The van der Waals surface area contributed by atoms with Crippen molar-refractivity contribution in [2.45, 2.75) is 23.7 Å². The summed E-state index contributed by atoms with van der Waals surface area (Å²) in [6.07, 6.45) is 0.00335. The highest BCUT2D eigenvalue weighted by Gasteiger charge is 2.51. The van der Waals surface area contributed by atoms with Crippen LogP contribution in [-0.2, 0) is 21.0 Å². The molecule has 9 heteroatoms. The van der Waals surface area contributed by atoms with Crippen LogP contribution in [0.2, 0.25) is 0 Å². The summed E-state index contributed by atoms with van der Waals surface area (Å²) in [5.74, 6) is -0.434. The van der Waals surface area contributed by atoms with Gasteiger partial charge in [-0.05, 0) is 61.6 Å². The fourth-order valence-corrected chi connectivity index (χ4v) is 4.82. The molecule has 0 N–H and O–H groups in total. The van der Waals surface area contributed by atoms with E-state index in [0.717, 1.165) is 40.2 Å². The van der Waals surface area contributed by atoms with Crippen molar-refractivity contribution < 1.29 is 31.1 Å². The van der Waals surface area contributed by atoms with Gasteiger partial charge in [0.1, 0.15) is 5.75 Å². The summed E-state index contributed by atoms with van der Waals surface area (Å²) >= 11 is 0. The molecule has 1 aliphatic heterocycles. The number of fused-ring (bicyclic) bond motifs is 1. The van der Waals surface area contributed by atoms with Crippen LogP contribution in [0.25, 0.3) is 0 Å². The van der Waals surface area contributed by atoms with Crippen molar-refractivity contribution in [3.8, 4) is 5.75 Å². The first kappa shape index (κ1) is 19.3. The predicted molar refractivity (Wildman–Crippen MR) is 98.9 cm³/mol. The minimum absolute atomic E-state index is 0.0441. The third-order valence-corrected chi connectivity index (χ3v) is 6.46. The van der Waals surface area contributed by atoms with Gasteiger partial charge in [0.05, 0.1) is 16.1 Å². The van der Waals surface area contributed by atoms with Gasteiger partial charge in [-0.15, -0.1) is 0 Å². The molecule has 0 aromatic heterocycles. The third kappa shape index (κ3) is 3.11. The van der Waals surface area contributed by atoms with Gasteiger partial charge in [-0.25, -0.2) is 12.7 Å². The third-order valence-electron chi connectivity index (χ3n) is 4.63. The van der Waals surface area contributed by atoms with Gasteiger partial charge in [0.2, 0.25) is 5.72 Å². The normalized spacial score (nSPS) is 17.5. The first-order chi connectivity index (χ1) is 13.5. The fourth-order valence-electron chi connectivity index (χ4n) is 3.20. The fraction of sp³-hybridized carbons (Fsp3) is 0.150. The van der Waals surface area contributed by atoms with Crippen molar-refractivity contribution in [2.75, 3.05) is 4.31 Å². The number of ketones is 1. The van der Waals surface area contributed by atoms with E-state index in [1.165, 1.54) is 24.3 Å². The van der Waals surface area contributed by atoms with E-state index in [2.05, 4.69) is 0 Å². The number of nitrogens with zero attached hydrogens (tertiary/aromatic N) is 1. The maximum atomic E-state index is 13.4. The molecule has 150 valence electrons. The van der Waals surface area contributed by atoms with Crippen LogP contribution in [0.3, 0.4) is 0 Å². The molecule has 0 atom stereocenters. The first-order valence-corrected chi connectivity index (χ1v) is 9.92. The van der Waals surface area contributed by atoms with Crippen molar-refractivity contribution in [2.24, 2.45) is 0 Å². The Morgan fingerprint density at radius 1 is 1.00 bits per heavy atom. The van der Waals surface area contributed by atoms with Crippen molar-refractivity contribution in [1.82, 2.24) is 0 Å². The Hall–Kier alpha value is -3.07. The molecule has 2 aromatic rings. The number of ether oxygens (including phenoxy) is 1. The second-order valence-electron chi connectivity index (χ2n) is 6.69. The maximum absolute atomic E-state index is 13.4. The second-order valence-corrected chi connectivity index (χ2v) is 8.47. The van der Waals surface area contributed by atoms with Crippen LogP contribution >= 0.6 is 0 Å². The highest BCUT2D eigenvalue weighted by Crippen LogP contribution is 2.49. The average Bonchev–Trinajstić information content (AvgIpc) is 2.97. The zero-order valence-electron chi connectivity index (χ0n) is 15.0. The van der Waals surface area contributed by atoms with Crippen molar-refractivity contribution in [1.29, 1.82) is 0 Å². The number of hydrogen-bond donors (Lipinski definition) is 0. The molecule has 2 aliphatic rings. The molecule has 5 nitrogen and oxygen atoms in total. The van der Waals surface area contributed by atoms with Gasteiger partial charge in [0.25, 0.3) is 10.0 Å². The lowest BCUT2D eigenvalue weighted by atomic mass is 10.1. The first-order valence-electron chi connectivity index (χ1n) is 8.48. The van der Waals surface area contributed by atoms with Crippen LogP contribution < -0.4 is 9.04 Å². The van der Waals surface area contributed by atoms with Crippen LogP contribution in [0.15, 0.2) is 71.7 Å². The summed E-state index contributed by atoms with van der Waals surface area (Å²) in [6, 6.07) is 8.52. The Morgan fingerprint density at radius 3 is 2.21 bits per heavy atom. The minimum atomic E-state index is -4.67. The number of rotatable bonds is 2. The molecule has 4 rings (SSSR count). The number of carbonyl (C=O) groups excluding carboxylic acids is 1. The molecule has 1 heterocycles. The van der Waals surface area contributed by atoms with Crippen LogP contribution in [0, 0.1) is 6.92 Å². The Kier molecular flexibility index (Phi) is 4.13. The highest BCUT2D eigenvalue weighted by atomic mass is 32.2. The number of aryl methyl sites for hydroxylation is 1. The predicted octanol–water partition coefficient (Wildman–Crippen LogP) is 3.99. The van der Waals surface area contributed by atoms with E-state index in [9.17, 15) is 26.4 Å². The Labute approximate surface area is 164 Å². The lowest BCUT2D eigenvalue weighted by molar-refractivity contribution is -0.137. The largest absolute Gasteiger partial charge is 0.457 e. The number of allylic oxidation sites excluding steroid dienone is 2. The molecule has 1 spiro atoms. The van der Waals surface area contributed by atoms with Crippen LogP contribution in [-0.4, -0.2) is 19.9 Å². The number of hydrogen-bond acceptors (Lipinski definition) is 4. The van der Waals surface area contributed by atoms with Crippen LogP contribution in [0.5, 0.6) is 5.75 Å². The summed E-state index contributed by atoms with van der Waals surface area (Å²) in [5.41, 5.74) is -2.23. The molecule has 1 aliphatic carbocycles. The van der Waals surface area contributed by atoms with Gasteiger partial charge in [0.15, 0.2) is 5.78 Å². The Morgan fingerprint density at radius 2 is 1.62 bits per heavy atom. The van der Waals surface area contributed by atoms with E-state index in [-0.39, 0.29) is 22.1 Å². The van der Waals surface area contributed by atoms with E-state index in [0.29, 0.717) is 0 Å². The Balaban J connectivity index is 1.95.